The van der Waals surface area contributed by atoms with E-state index in [0.717, 1.165) is 4.90 Å². The zero-order valence-electron chi connectivity index (χ0n) is 9.37. The molecule has 0 saturated carbocycles. The first-order chi connectivity index (χ1) is 7.95. The minimum absolute atomic E-state index is 0.0160. The minimum Gasteiger partial charge on any atom is -0.396 e. The van der Waals surface area contributed by atoms with Crippen LogP contribution < -0.4 is 0 Å². The molecular weight excluding hydrogens is 239 g/mol. The number of aliphatic hydroxyl groups excluding tert-OH is 1. The maximum atomic E-state index is 12.2. The second kappa shape index (κ2) is 6.20. The Labute approximate surface area is 97.3 Å². The molecule has 7 heteroatoms. The van der Waals surface area contributed by atoms with Gasteiger partial charge in [-0.3, -0.25) is 4.79 Å². The van der Waals surface area contributed by atoms with Crippen LogP contribution in [-0.2, 0) is 9.53 Å². The molecule has 4 nitrogen and oxygen atoms in total. The Hall–Kier alpha value is -0.820. The standard InChI is InChI=1S/C10H16F3NO3/c11-10(12,13)9(16)14-4-1-3-8(7-14)17-6-2-5-15/h8,15H,1-7H2. The van der Waals surface area contributed by atoms with Gasteiger partial charge in [-0.1, -0.05) is 0 Å². The van der Waals surface area contributed by atoms with Crippen molar-refractivity contribution in [2.24, 2.45) is 0 Å². The summed E-state index contributed by atoms with van der Waals surface area (Å²) in [5, 5.41) is 8.55. The normalized spacial score (nSPS) is 21.6. The number of ether oxygens (including phenoxy) is 1. The van der Waals surface area contributed by atoms with E-state index in [1.807, 2.05) is 0 Å². The lowest BCUT2D eigenvalue weighted by Gasteiger charge is -2.33. The van der Waals surface area contributed by atoms with Crippen molar-refractivity contribution < 1.29 is 27.8 Å². The summed E-state index contributed by atoms with van der Waals surface area (Å²) < 4.78 is 41.9. The van der Waals surface area contributed by atoms with Crippen molar-refractivity contribution in [1.29, 1.82) is 0 Å². The van der Waals surface area contributed by atoms with Gasteiger partial charge in [0.05, 0.1) is 6.10 Å². The first-order valence-electron chi connectivity index (χ1n) is 5.53. The van der Waals surface area contributed by atoms with Crippen LogP contribution in [0.25, 0.3) is 0 Å². The lowest BCUT2D eigenvalue weighted by Crippen LogP contribution is -2.48. The molecule has 0 spiro atoms. The van der Waals surface area contributed by atoms with Crippen LogP contribution >= 0.6 is 0 Å². The number of carbonyl (C=O) groups is 1. The Morgan fingerprint density at radius 1 is 1.47 bits per heavy atom. The summed E-state index contributed by atoms with van der Waals surface area (Å²) in [7, 11) is 0. The zero-order chi connectivity index (χ0) is 12.9. The highest BCUT2D eigenvalue weighted by atomic mass is 19.4. The Morgan fingerprint density at radius 3 is 2.76 bits per heavy atom. The van der Waals surface area contributed by atoms with Crippen LogP contribution in [0.5, 0.6) is 0 Å². The first kappa shape index (κ1) is 14.2. The Morgan fingerprint density at radius 2 is 2.18 bits per heavy atom. The fourth-order valence-corrected chi connectivity index (χ4v) is 1.75. The fraction of sp³-hybridized carbons (Fsp3) is 0.900. The predicted molar refractivity (Wildman–Crippen MR) is 53.3 cm³/mol. The average molecular weight is 255 g/mol. The van der Waals surface area contributed by atoms with Crippen LogP contribution in [0.2, 0.25) is 0 Å². The van der Waals surface area contributed by atoms with Gasteiger partial charge < -0.3 is 14.7 Å². The molecule has 1 unspecified atom stereocenters. The van der Waals surface area contributed by atoms with E-state index in [2.05, 4.69) is 0 Å². The molecule has 1 N–H and O–H groups in total. The van der Waals surface area contributed by atoms with E-state index in [9.17, 15) is 18.0 Å². The molecule has 1 atom stereocenters. The van der Waals surface area contributed by atoms with Gasteiger partial charge in [0.25, 0.3) is 0 Å². The Bertz CT molecular complexity index is 258. The molecular formula is C10H16F3NO3. The van der Waals surface area contributed by atoms with Crippen molar-refractivity contribution >= 4 is 5.91 Å². The first-order valence-corrected chi connectivity index (χ1v) is 5.53. The largest absolute Gasteiger partial charge is 0.471 e. The summed E-state index contributed by atoms with van der Waals surface area (Å²) in [4.78, 5) is 11.8. The van der Waals surface area contributed by atoms with Crippen molar-refractivity contribution in [2.45, 2.75) is 31.5 Å². The molecule has 0 aromatic heterocycles. The number of hydrogen-bond donors (Lipinski definition) is 1. The molecule has 0 bridgehead atoms. The van der Waals surface area contributed by atoms with Crippen molar-refractivity contribution in [2.75, 3.05) is 26.3 Å². The molecule has 100 valence electrons. The molecule has 1 saturated heterocycles. The highest BCUT2D eigenvalue weighted by Crippen LogP contribution is 2.22. The minimum atomic E-state index is -4.81. The fourth-order valence-electron chi connectivity index (χ4n) is 1.75. The third-order valence-corrected chi connectivity index (χ3v) is 2.56. The summed E-state index contributed by atoms with van der Waals surface area (Å²) in [6, 6.07) is 0. The molecule has 1 amide bonds. The van der Waals surface area contributed by atoms with E-state index in [0.29, 0.717) is 25.9 Å². The average Bonchev–Trinajstić information content (AvgIpc) is 2.28. The number of likely N-dealkylation sites (tertiary alicyclic amines) is 1. The van der Waals surface area contributed by atoms with E-state index in [-0.39, 0.29) is 25.8 Å². The number of halogens is 3. The SMILES string of the molecule is O=C(N1CCCC(OCCCO)C1)C(F)(F)F. The van der Waals surface area contributed by atoms with Gasteiger partial charge in [-0.15, -0.1) is 0 Å². The number of hydrogen-bond acceptors (Lipinski definition) is 3. The zero-order valence-corrected chi connectivity index (χ0v) is 9.37. The summed E-state index contributed by atoms with van der Waals surface area (Å²) in [6.07, 6.45) is -3.57. The molecule has 1 heterocycles. The Balaban J connectivity index is 2.41. The lowest BCUT2D eigenvalue weighted by atomic mass is 10.1. The number of piperidine rings is 1. The maximum absolute atomic E-state index is 12.2. The van der Waals surface area contributed by atoms with Gasteiger partial charge in [0.1, 0.15) is 0 Å². The number of nitrogens with zero attached hydrogens (tertiary/aromatic N) is 1. The summed E-state index contributed by atoms with van der Waals surface area (Å²) in [5.74, 6) is -1.80. The summed E-state index contributed by atoms with van der Waals surface area (Å²) in [5.41, 5.74) is 0. The molecule has 0 radical (unpaired) electrons. The van der Waals surface area contributed by atoms with Crippen LogP contribution in [0.15, 0.2) is 0 Å². The second-order valence-corrected chi connectivity index (χ2v) is 3.96. The smallest absolute Gasteiger partial charge is 0.396 e. The van der Waals surface area contributed by atoms with Crippen LogP contribution in [-0.4, -0.2) is 54.5 Å². The molecule has 17 heavy (non-hydrogen) atoms. The highest BCUT2D eigenvalue weighted by Gasteiger charge is 2.43. The monoisotopic (exact) mass is 255 g/mol. The van der Waals surface area contributed by atoms with Crippen molar-refractivity contribution in [1.82, 2.24) is 4.90 Å². The van der Waals surface area contributed by atoms with Crippen molar-refractivity contribution in [3.05, 3.63) is 0 Å². The number of carbonyl (C=O) groups excluding carboxylic acids is 1. The summed E-state index contributed by atoms with van der Waals surface area (Å²) in [6.45, 7) is 0.384. The number of alkyl halides is 3. The number of rotatable bonds is 4. The topological polar surface area (TPSA) is 49.8 Å². The van der Waals surface area contributed by atoms with Gasteiger partial charge >= 0.3 is 12.1 Å². The summed E-state index contributed by atoms with van der Waals surface area (Å²) >= 11 is 0. The van der Waals surface area contributed by atoms with Crippen molar-refractivity contribution in [3.63, 3.8) is 0 Å². The van der Waals surface area contributed by atoms with Crippen molar-refractivity contribution in [3.8, 4) is 0 Å². The van der Waals surface area contributed by atoms with Gasteiger partial charge in [0.2, 0.25) is 0 Å². The van der Waals surface area contributed by atoms with Gasteiger partial charge in [-0.25, -0.2) is 0 Å². The van der Waals surface area contributed by atoms with Gasteiger partial charge in [0, 0.05) is 26.3 Å². The van der Waals surface area contributed by atoms with E-state index in [4.69, 9.17) is 9.84 Å². The van der Waals surface area contributed by atoms with Gasteiger partial charge in [-0.05, 0) is 19.3 Å². The third-order valence-electron chi connectivity index (χ3n) is 2.56. The van der Waals surface area contributed by atoms with Crippen LogP contribution in [0, 0.1) is 0 Å². The second-order valence-electron chi connectivity index (χ2n) is 3.96. The van der Waals surface area contributed by atoms with E-state index >= 15 is 0 Å². The van der Waals surface area contributed by atoms with Crippen LogP contribution in [0.1, 0.15) is 19.3 Å². The van der Waals surface area contributed by atoms with E-state index in [1.54, 1.807) is 0 Å². The molecule has 1 aliphatic rings. The quantitative estimate of drug-likeness (QED) is 0.760. The molecule has 0 aromatic rings. The number of amides is 1. The predicted octanol–water partition coefficient (Wildman–Crippen LogP) is 0.939. The molecule has 1 fully saturated rings. The van der Waals surface area contributed by atoms with Gasteiger partial charge in [-0.2, -0.15) is 13.2 Å². The molecule has 0 aromatic carbocycles. The molecule has 0 aliphatic carbocycles. The number of aliphatic hydroxyl groups is 1. The van der Waals surface area contributed by atoms with Crippen LogP contribution in [0.4, 0.5) is 13.2 Å². The lowest BCUT2D eigenvalue weighted by molar-refractivity contribution is -0.188. The molecule has 1 rings (SSSR count). The maximum Gasteiger partial charge on any atom is 0.471 e. The van der Waals surface area contributed by atoms with E-state index in [1.165, 1.54) is 0 Å². The van der Waals surface area contributed by atoms with E-state index < -0.39 is 12.1 Å². The Kier molecular flexibility index (Phi) is 5.20. The van der Waals surface area contributed by atoms with Gasteiger partial charge in [0.15, 0.2) is 0 Å². The third kappa shape index (κ3) is 4.51. The van der Waals surface area contributed by atoms with Crippen LogP contribution in [0.3, 0.4) is 0 Å². The highest BCUT2D eigenvalue weighted by molar-refractivity contribution is 5.81. The molecule has 1 aliphatic heterocycles.